The Bertz CT molecular complexity index is 767. The van der Waals surface area contributed by atoms with Gasteiger partial charge in [-0.2, -0.15) is 0 Å². The molecule has 25 heavy (non-hydrogen) atoms. The lowest BCUT2D eigenvalue weighted by Crippen LogP contribution is -2.21. The molecule has 0 aromatic heterocycles. The van der Waals surface area contributed by atoms with Crippen molar-refractivity contribution in [2.24, 2.45) is 5.92 Å². The zero-order valence-electron chi connectivity index (χ0n) is 14.0. The van der Waals surface area contributed by atoms with Crippen molar-refractivity contribution < 1.29 is 18.3 Å². The number of nitrogens with zero attached hydrogens (tertiary/aromatic N) is 1. The third-order valence-corrected chi connectivity index (χ3v) is 4.34. The minimum absolute atomic E-state index is 0.0823. The van der Waals surface area contributed by atoms with Crippen LogP contribution in [0.15, 0.2) is 42.5 Å². The van der Waals surface area contributed by atoms with E-state index in [0.717, 1.165) is 19.5 Å². The Labute approximate surface area is 145 Å². The Hall–Kier alpha value is -2.47. The van der Waals surface area contributed by atoms with Gasteiger partial charge in [-0.1, -0.05) is 30.3 Å². The quantitative estimate of drug-likeness (QED) is 0.905. The van der Waals surface area contributed by atoms with Crippen molar-refractivity contribution in [2.45, 2.75) is 6.42 Å². The molecule has 1 atom stereocenters. The third kappa shape index (κ3) is 4.14. The van der Waals surface area contributed by atoms with Crippen molar-refractivity contribution in [3.8, 4) is 11.1 Å². The van der Waals surface area contributed by atoms with Gasteiger partial charge >= 0.3 is 6.09 Å². The molecular weight excluding hydrogens is 326 g/mol. The molecule has 0 unspecified atom stereocenters. The molecule has 1 saturated heterocycles. The molecule has 3 rings (SSSR count). The smallest absolute Gasteiger partial charge is 0.411 e. The monoisotopic (exact) mass is 346 g/mol. The molecule has 2 aromatic carbocycles. The maximum absolute atomic E-state index is 14.2. The van der Waals surface area contributed by atoms with Gasteiger partial charge < -0.3 is 9.64 Å². The first-order valence-corrected chi connectivity index (χ1v) is 8.20. The fourth-order valence-electron chi connectivity index (χ4n) is 3.05. The van der Waals surface area contributed by atoms with Crippen LogP contribution in [0.25, 0.3) is 11.1 Å². The van der Waals surface area contributed by atoms with Gasteiger partial charge in [-0.05, 0) is 32.1 Å². The largest absolute Gasteiger partial charge is 0.449 e. The third-order valence-electron chi connectivity index (χ3n) is 4.34. The van der Waals surface area contributed by atoms with E-state index in [0.29, 0.717) is 0 Å². The van der Waals surface area contributed by atoms with E-state index in [2.05, 4.69) is 10.2 Å². The van der Waals surface area contributed by atoms with E-state index >= 15 is 0 Å². The van der Waals surface area contributed by atoms with Crippen LogP contribution in [0.1, 0.15) is 6.42 Å². The average Bonchev–Trinajstić information content (AvgIpc) is 3.01. The summed E-state index contributed by atoms with van der Waals surface area (Å²) in [6.07, 6.45) is 0.224. The van der Waals surface area contributed by atoms with Crippen molar-refractivity contribution in [1.82, 2.24) is 4.90 Å². The highest BCUT2D eigenvalue weighted by Gasteiger charge is 2.22. The van der Waals surface area contributed by atoms with Gasteiger partial charge in [0.1, 0.15) is 11.6 Å². The molecule has 1 aliphatic heterocycles. The SMILES string of the molecule is CN1CC[C@@H](COC(=O)Nc2c(F)cccc2-c2ccccc2F)C1. The molecule has 1 aliphatic rings. The molecule has 4 nitrogen and oxygen atoms in total. The molecule has 6 heteroatoms. The van der Waals surface area contributed by atoms with E-state index in [1.54, 1.807) is 18.2 Å². The van der Waals surface area contributed by atoms with Crippen LogP contribution in [0.2, 0.25) is 0 Å². The van der Waals surface area contributed by atoms with E-state index < -0.39 is 17.7 Å². The molecule has 0 aliphatic carbocycles. The Morgan fingerprint density at radius 1 is 1.16 bits per heavy atom. The predicted octanol–water partition coefficient (Wildman–Crippen LogP) is 4.13. The first kappa shape index (κ1) is 17.4. The van der Waals surface area contributed by atoms with Crippen molar-refractivity contribution >= 4 is 11.8 Å². The van der Waals surface area contributed by atoms with Crippen molar-refractivity contribution in [2.75, 3.05) is 32.1 Å². The zero-order valence-corrected chi connectivity index (χ0v) is 14.0. The topological polar surface area (TPSA) is 41.6 Å². The molecule has 1 amide bonds. The summed E-state index contributed by atoms with van der Waals surface area (Å²) in [5, 5.41) is 2.42. The number of anilines is 1. The maximum atomic E-state index is 14.2. The highest BCUT2D eigenvalue weighted by molar-refractivity contribution is 5.91. The standard InChI is InChI=1S/C19H20F2N2O2/c1-23-10-9-13(11-23)12-25-19(24)22-18-15(6-4-8-17(18)21)14-5-2-3-7-16(14)20/h2-8,13H,9-12H2,1H3,(H,22,24)/t13-/m1/s1. The van der Waals surface area contributed by atoms with Crippen molar-refractivity contribution in [1.29, 1.82) is 0 Å². The van der Waals surface area contributed by atoms with Gasteiger partial charge in [0, 0.05) is 23.6 Å². The highest BCUT2D eigenvalue weighted by atomic mass is 19.1. The number of para-hydroxylation sites is 1. The molecule has 132 valence electrons. The lowest BCUT2D eigenvalue weighted by Gasteiger charge is -2.15. The average molecular weight is 346 g/mol. The predicted molar refractivity (Wildman–Crippen MR) is 92.4 cm³/mol. The molecule has 1 fully saturated rings. The minimum atomic E-state index is -0.739. The lowest BCUT2D eigenvalue weighted by molar-refractivity contribution is 0.142. The van der Waals surface area contributed by atoms with Gasteiger partial charge in [-0.25, -0.2) is 13.6 Å². The fourth-order valence-corrected chi connectivity index (χ4v) is 3.05. The molecule has 0 bridgehead atoms. The summed E-state index contributed by atoms with van der Waals surface area (Å²) < 4.78 is 33.5. The van der Waals surface area contributed by atoms with Crippen LogP contribution in [-0.4, -0.2) is 37.7 Å². The number of amides is 1. The van der Waals surface area contributed by atoms with Gasteiger partial charge in [0.25, 0.3) is 0 Å². The number of hydrogen-bond acceptors (Lipinski definition) is 3. The van der Waals surface area contributed by atoms with Gasteiger partial charge in [-0.15, -0.1) is 0 Å². The number of nitrogens with one attached hydrogen (secondary N) is 1. The number of likely N-dealkylation sites (tertiary alicyclic amines) is 1. The number of halogens is 2. The molecule has 0 radical (unpaired) electrons. The number of carbonyl (C=O) groups is 1. The summed E-state index contributed by atoms with van der Waals surface area (Å²) in [6.45, 7) is 2.12. The van der Waals surface area contributed by atoms with E-state index in [4.69, 9.17) is 4.74 Å². The van der Waals surface area contributed by atoms with Crippen molar-refractivity contribution in [3.63, 3.8) is 0 Å². The Morgan fingerprint density at radius 3 is 2.60 bits per heavy atom. The zero-order chi connectivity index (χ0) is 17.8. The first-order chi connectivity index (χ1) is 12.0. The molecule has 0 spiro atoms. The van der Waals surface area contributed by atoms with Crippen LogP contribution in [0, 0.1) is 17.6 Å². The van der Waals surface area contributed by atoms with Crippen LogP contribution in [0.3, 0.4) is 0 Å². The summed E-state index contributed by atoms with van der Waals surface area (Å²) in [5.74, 6) is -0.848. The van der Waals surface area contributed by atoms with E-state index in [1.165, 1.54) is 24.3 Å². The number of carbonyl (C=O) groups excluding carboxylic acids is 1. The normalized spacial score (nSPS) is 17.5. The first-order valence-electron chi connectivity index (χ1n) is 8.20. The second-order valence-electron chi connectivity index (χ2n) is 6.28. The van der Waals surface area contributed by atoms with E-state index in [1.807, 2.05) is 7.05 Å². The van der Waals surface area contributed by atoms with Crippen molar-refractivity contribution in [3.05, 3.63) is 54.1 Å². The minimum Gasteiger partial charge on any atom is -0.449 e. The number of ether oxygens (including phenoxy) is 1. The van der Waals surface area contributed by atoms with Gasteiger partial charge in [0.2, 0.25) is 0 Å². The van der Waals surface area contributed by atoms with E-state index in [-0.39, 0.29) is 29.3 Å². The summed E-state index contributed by atoms with van der Waals surface area (Å²) in [7, 11) is 2.01. The number of rotatable bonds is 4. The summed E-state index contributed by atoms with van der Waals surface area (Å²) in [5.41, 5.74) is 0.409. The summed E-state index contributed by atoms with van der Waals surface area (Å²) >= 11 is 0. The van der Waals surface area contributed by atoms with Crippen LogP contribution in [-0.2, 0) is 4.74 Å². The maximum Gasteiger partial charge on any atom is 0.411 e. The molecule has 1 heterocycles. The van der Waals surface area contributed by atoms with E-state index in [9.17, 15) is 13.6 Å². The molecular formula is C19H20F2N2O2. The number of benzene rings is 2. The van der Waals surface area contributed by atoms with Crippen LogP contribution in [0.5, 0.6) is 0 Å². The van der Waals surface area contributed by atoms with Crippen LogP contribution in [0.4, 0.5) is 19.3 Å². The van der Waals surface area contributed by atoms with Gasteiger partial charge in [-0.3, -0.25) is 5.32 Å². The second-order valence-corrected chi connectivity index (χ2v) is 6.28. The summed E-state index contributed by atoms with van der Waals surface area (Å²) in [6, 6.07) is 10.3. The van der Waals surface area contributed by atoms with Crippen LogP contribution >= 0.6 is 0 Å². The molecule has 1 N–H and O–H groups in total. The molecule has 2 aromatic rings. The Morgan fingerprint density at radius 2 is 1.88 bits per heavy atom. The molecule has 0 saturated carbocycles. The van der Waals surface area contributed by atoms with Gasteiger partial charge in [0.05, 0.1) is 12.3 Å². The Balaban J connectivity index is 1.74. The number of hydrogen-bond donors (Lipinski definition) is 1. The summed E-state index contributed by atoms with van der Waals surface area (Å²) in [4.78, 5) is 14.2. The fraction of sp³-hybridized carbons (Fsp3) is 0.316. The van der Waals surface area contributed by atoms with Crippen LogP contribution < -0.4 is 5.32 Å². The second kappa shape index (κ2) is 7.61. The lowest BCUT2D eigenvalue weighted by atomic mass is 10.0. The highest BCUT2D eigenvalue weighted by Crippen LogP contribution is 2.32. The Kier molecular flexibility index (Phi) is 5.28. The van der Waals surface area contributed by atoms with Gasteiger partial charge in [0.15, 0.2) is 0 Å².